The summed E-state index contributed by atoms with van der Waals surface area (Å²) in [6, 6.07) is 6.60. The Kier molecular flexibility index (Phi) is 4.12. The summed E-state index contributed by atoms with van der Waals surface area (Å²) in [4.78, 5) is 44.4. The molecule has 116 valence electrons. The Morgan fingerprint density at radius 3 is 0.792 bits per heavy atom. The zero-order valence-electron chi connectivity index (χ0n) is 12.6. The first-order valence-corrected chi connectivity index (χ1v) is 7.23. The van der Waals surface area contributed by atoms with E-state index in [-0.39, 0.29) is 0 Å². The Labute approximate surface area is 138 Å². The molecule has 2 aromatic carbocycles. The van der Waals surface area contributed by atoms with Crippen molar-refractivity contribution < 1.29 is 19.2 Å². The highest BCUT2D eigenvalue weighted by atomic mass is 16.1. The Morgan fingerprint density at radius 1 is 0.417 bits per heavy atom. The van der Waals surface area contributed by atoms with Crippen LogP contribution in [0.4, 0.5) is 0 Å². The molecule has 24 heavy (non-hydrogen) atoms. The Balaban J connectivity index is 2.19. The minimum atomic E-state index is 0.326. The molecule has 0 amide bonds. The summed E-state index contributed by atoms with van der Waals surface area (Å²) in [5.74, 6) is 0. The van der Waals surface area contributed by atoms with Gasteiger partial charge in [0.25, 0.3) is 0 Å². The Bertz CT molecular complexity index is 782. The van der Waals surface area contributed by atoms with Crippen LogP contribution in [0.2, 0.25) is 0 Å². The van der Waals surface area contributed by atoms with E-state index in [0.29, 0.717) is 47.4 Å². The van der Waals surface area contributed by atoms with E-state index in [9.17, 15) is 19.2 Å². The van der Waals surface area contributed by atoms with E-state index in [1.54, 1.807) is 24.3 Å². The highest BCUT2D eigenvalue weighted by Gasteiger charge is 2.10. The first-order valence-electron chi connectivity index (χ1n) is 7.23. The molecule has 0 unspecified atom stereocenters. The van der Waals surface area contributed by atoms with Gasteiger partial charge in [0.05, 0.1) is 0 Å². The largest absolute Gasteiger partial charge is 0.298 e. The fraction of sp³-hybridized carbons (Fsp3) is 0. The molecule has 0 atom stereocenters. The fourth-order valence-corrected chi connectivity index (χ4v) is 2.68. The maximum atomic E-state index is 11.1. The van der Waals surface area contributed by atoms with Gasteiger partial charge < -0.3 is 0 Å². The van der Waals surface area contributed by atoms with E-state index >= 15 is 0 Å². The van der Waals surface area contributed by atoms with Crippen molar-refractivity contribution in [1.29, 1.82) is 0 Å². The number of hydrogen-bond acceptors (Lipinski definition) is 4. The van der Waals surface area contributed by atoms with Crippen LogP contribution in [0.1, 0.15) is 63.7 Å². The molecule has 0 radical (unpaired) electrons. The number of fused-ring (bicyclic) bond motifs is 2. The zero-order chi connectivity index (χ0) is 17.1. The molecule has 0 N–H and O–H groups in total. The van der Waals surface area contributed by atoms with Crippen molar-refractivity contribution in [3.05, 3.63) is 68.8 Å². The Hall–Kier alpha value is -3.40. The summed E-state index contributed by atoms with van der Waals surface area (Å²) < 4.78 is 0. The second kappa shape index (κ2) is 6.38. The van der Waals surface area contributed by atoms with Crippen molar-refractivity contribution in [3.63, 3.8) is 0 Å². The van der Waals surface area contributed by atoms with Gasteiger partial charge >= 0.3 is 0 Å². The molecule has 1 aliphatic carbocycles. The molecule has 0 aromatic heterocycles. The topological polar surface area (TPSA) is 68.3 Å². The van der Waals surface area contributed by atoms with Crippen LogP contribution < -0.4 is 0 Å². The number of carbonyl (C=O) groups is 4. The molecular weight excluding hydrogens is 304 g/mol. The molecule has 2 aromatic rings. The monoisotopic (exact) mass is 316 g/mol. The number of rotatable bonds is 4. The van der Waals surface area contributed by atoms with E-state index in [1.807, 2.05) is 24.3 Å². The summed E-state index contributed by atoms with van der Waals surface area (Å²) in [5.41, 5.74) is 4.46. The van der Waals surface area contributed by atoms with Gasteiger partial charge in [-0.1, -0.05) is 24.3 Å². The minimum Gasteiger partial charge on any atom is -0.298 e. The molecule has 3 rings (SSSR count). The van der Waals surface area contributed by atoms with Crippen LogP contribution in [-0.4, -0.2) is 25.1 Å². The lowest BCUT2D eigenvalue weighted by atomic mass is 9.93. The summed E-state index contributed by atoms with van der Waals surface area (Å²) in [6.07, 6.45) is 9.85. The average Bonchev–Trinajstić information content (AvgIpc) is 2.62. The van der Waals surface area contributed by atoms with Gasteiger partial charge in [-0.05, 0) is 46.5 Å². The van der Waals surface area contributed by atoms with E-state index in [0.717, 1.165) is 22.3 Å². The predicted octanol–water partition coefficient (Wildman–Crippen LogP) is 3.59. The highest BCUT2D eigenvalue weighted by Crippen LogP contribution is 2.26. The maximum Gasteiger partial charge on any atom is 0.150 e. The van der Waals surface area contributed by atoms with Crippen molar-refractivity contribution in [2.24, 2.45) is 0 Å². The second-order valence-electron chi connectivity index (χ2n) is 5.36. The predicted molar refractivity (Wildman–Crippen MR) is 92.3 cm³/mol. The summed E-state index contributed by atoms with van der Waals surface area (Å²) in [5, 5.41) is 0. The van der Waals surface area contributed by atoms with Crippen LogP contribution in [-0.2, 0) is 0 Å². The summed E-state index contributed by atoms with van der Waals surface area (Å²) in [7, 11) is 0. The van der Waals surface area contributed by atoms with Crippen molar-refractivity contribution >= 4 is 49.4 Å². The van der Waals surface area contributed by atoms with E-state index in [1.165, 1.54) is 0 Å². The summed E-state index contributed by atoms with van der Waals surface area (Å²) >= 11 is 0. The van der Waals surface area contributed by atoms with Gasteiger partial charge in [0, 0.05) is 22.3 Å². The van der Waals surface area contributed by atoms with Crippen molar-refractivity contribution in [2.75, 3.05) is 0 Å². The van der Waals surface area contributed by atoms with Crippen molar-refractivity contribution in [2.45, 2.75) is 0 Å². The molecule has 0 spiro atoms. The van der Waals surface area contributed by atoms with E-state index < -0.39 is 0 Å². The van der Waals surface area contributed by atoms with Crippen LogP contribution in [0.5, 0.6) is 0 Å². The van der Waals surface area contributed by atoms with Gasteiger partial charge in [0.1, 0.15) is 0 Å². The van der Waals surface area contributed by atoms with Gasteiger partial charge in [-0.15, -0.1) is 0 Å². The third-order valence-electron chi connectivity index (χ3n) is 3.97. The lowest BCUT2D eigenvalue weighted by Crippen LogP contribution is -1.97. The molecule has 4 nitrogen and oxygen atoms in total. The fourth-order valence-electron chi connectivity index (χ4n) is 2.68. The lowest BCUT2D eigenvalue weighted by Gasteiger charge is -2.11. The second-order valence-corrected chi connectivity index (χ2v) is 5.36. The van der Waals surface area contributed by atoms with Gasteiger partial charge in [0.2, 0.25) is 0 Å². The molecule has 0 heterocycles. The normalized spacial score (nSPS) is 13.0. The van der Waals surface area contributed by atoms with Gasteiger partial charge in [0.15, 0.2) is 25.1 Å². The van der Waals surface area contributed by atoms with Crippen LogP contribution in [0.15, 0.2) is 24.3 Å². The molecule has 0 aliphatic heterocycles. The third kappa shape index (κ3) is 2.65. The van der Waals surface area contributed by atoms with Gasteiger partial charge in [-0.25, -0.2) is 0 Å². The molecule has 1 aliphatic rings. The standard InChI is InChI=1S/C20H12O4/c21-9-17-5-13-1-2-14-6-18(10-22)20(12-24)8-16(14)4-3-15(13)7-19(17)11-23/h1-12H/b2-1-,4-3?,13-1?,14-2?,15-3?,16-4?. The highest BCUT2D eigenvalue weighted by molar-refractivity contribution is 5.97. The number of aldehydes is 4. The number of hydrogen-bond donors (Lipinski definition) is 0. The molecular formula is C20H12O4. The Morgan fingerprint density at radius 2 is 0.625 bits per heavy atom. The molecule has 0 saturated heterocycles. The van der Waals surface area contributed by atoms with E-state index in [4.69, 9.17) is 0 Å². The average molecular weight is 316 g/mol. The van der Waals surface area contributed by atoms with Crippen LogP contribution in [0, 0.1) is 0 Å². The number of carbonyl (C=O) groups excluding carboxylic acids is 4. The number of benzene rings is 2. The molecule has 0 saturated carbocycles. The van der Waals surface area contributed by atoms with Crippen molar-refractivity contribution in [1.82, 2.24) is 0 Å². The zero-order valence-corrected chi connectivity index (χ0v) is 12.6. The van der Waals surface area contributed by atoms with Crippen LogP contribution in [0.3, 0.4) is 0 Å². The SMILES string of the molecule is O=Cc1cc2c(cc1C=O)/C=C\c1cc(C=O)c(C=O)cc1C=C2. The van der Waals surface area contributed by atoms with Gasteiger partial charge in [-0.3, -0.25) is 19.2 Å². The first kappa shape index (κ1) is 15.5. The van der Waals surface area contributed by atoms with Crippen LogP contribution >= 0.6 is 0 Å². The molecule has 0 fully saturated rings. The lowest BCUT2D eigenvalue weighted by molar-refractivity contribution is 0.109. The maximum absolute atomic E-state index is 11.1. The smallest absolute Gasteiger partial charge is 0.150 e. The van der Waals surface area contributed by atoms with Crippen molar-refractivity contribution in [3.8, 4) is 0 Å². The minimum absolute atomic E-state index is 0.326. The third-order valence-corrected chi connectivity index (χ3v) is 3.97. The molecule has 0 bridgehead atoms. The van der Waals surface area contributed by atoms with Crippen LogP contribution in [0.25, 0.3) is 24.3 Å². The first-order chi connectivity index (χ1) is 11.7. The summed E-state index contributed by atoms with van der Waals surface area (Å²) in [6.45, 7) is 0. The van der Waals surface area contributed by atoms with Gasteiger partial charge in [-0.2, -0.15) is 0 Å². The quantitative estimate of drug-likeness (QED) is 0.690. The molecule has 4 heteroatoms. The van der Waals surface area contributed by atoms with E-state index in [2.05, 4.69) is 0 Å².